The largest absolute Gasteiger partial charge is 0.264 e. The Balaban J connectivity index is 2.53. The van der Waals surface area contributed by atoms with Gasteiger partial charge in [-0.05, 0) is 41.1 Å². The molecular formula is C11H10BrFN2. The van der Waals surface area contributed by atoms with Gasteiger partial charge in [0.15, 0.2) is 0 Å². The quantitative estimate of drug-likeness (QED) is 0.816. The minimum Gasteiger partial charge on any atom is -0.264 e. The third-order valence-electron chi connectivity index (χ3n) is 2.17. The Bertz CT molecular complexity index is 479. The Kier molecular flexibility index (Phi) is 2.86. The number of rotatable bonds is 2. The highest BCUT2D eigenvalue weighted by atomic mass is 79.9. The zero-order chi connectivity index (χ0) is 10.8. The maximum Gasteiger partial charge on any atom is 0.128 e. The van der Waals surface area contributed by atoms with Gasteiger partial charge in [-0.3, -0.25) is 4.68 Å². The molecule has 0 bridgehead atoms. The second-order valence-electron chi connectivity index (χ2n) is 3.18. The summed E-state index contributed by atoms with van der Waals surface area (Å²) < 4.78 is 15.7. The molecule has 1 heterocycles. The fourth-order valence-electron chi connectivity index (χ4n) is 1.51. The summed E-state index contributed by atoms with van der Waals surface area (Å²) in [5, 5.41) is 4.25. The first-order valence-corrected chi connectivity index (χ1v) is 5.49. The molecule has 0 radical (unpaired) electrons. The monoisotopic (exact) mass is 268 g/mol. The van der Waals surface area contributed by atoms with Crippen LogP contribution in [-0.4, -0.2) is 9.78 Å². The van der Waals surface area contributed by atoms with Crippen LogP contribution < -0.4 is 0 Å². The van der Waals surface area contributed by atoms with Gasteiger partial charge in [0.05, 0.1) is 5.69 Å². The summed E-state index contributed by atoms with van der Waals surface area (Å²) in [6.07, 6.45) is 0. The van der Waals surface area contributed by atoms with Gasteiger partial charge in [0.1, 0.15) is 10.4 Å². The normalized spacial score (nSPS) is 10.6. The van der Waals surface area contributed by atoms with Crippen molar-refractivity contribution in [2.75, 3.05) is 0 Å². The van der Waals surface area contributed by atoms with Crippen LogP contribution in [0.4, 0.5) is 4.39 Å². The van der Waals surface area contributed by atoms with Crippen molar-refractivity contribution < 1.29 is 4.39 Å². The van der Waals surface area contributed by atoms with Crippen LogP contribution in [0, 0.1) is 5.82 Å². The number of hydrogen-bond acceptors (Lipinski definition) is 1. The molecule has 2 nitrogen and oxygen atoms in total. The standard InChI is InChI=1S/C11H10BrFN2/c1-2-15-10(7-11(12)14-15)8-4-3-5-9(13)6-8/h3-7H,2H2,1H3. The molecule has 1 aromatic heterocycles. The lowest BCUT2D eigenvalue weighted by Gasteiger charge is -2.03. The van der Waals surface area contributed by atoms with Crippen molar-refractivity contribution >= 4 is 15.9 Å². The summed E-state index contributed by atoms with van der Waals surface area (Å²) in [5.41, 5.74) is 1.76. The summed E-state index contributed by atoms with van der Waals surface area (Å²) in [4.78, 5) is 0. The fourth-order valence-corrected chi connectivity index (χ4v) is 1.91. The van der Waals surface area contributed by atoms with Crippen LogP contribution in [0.2, 0.25) is 0 Å². The van der Waals surface area contributed by atoms with Gasteiger partial charge in [0, 0.05) is 12.1 Å². The van der Waals surface area contributed by atoms with Crippen LogP contribution in [0.5, 0.6) is 0 Å². The topological polar surface area (TPSA) is 17.8 Å². The van der Waals surface area contributed by atoms with Crippen molar-refractivity contribution in [2.24, 2.45) is 0 Å². The summed E-state index contributed by atoms with van der Waals surface area (Å²) in [7, 11) is 0. The minimum atomic E-state index is -0.229. The third kappa shape index (κ3) is 2.09. The van der Waals surface area contributed by atoms with E-state index in [4.69, 9.17) is 0 Å². The van der Waals surface area contributed by atoms with E-state index in [-0.39, 0.29) is 5.82 Å². The first-order chi connectivity index (χ1) is 7.20. The Morgan fingerprint density at radius 1 is 1.40 bits per heavy atom. The van der Waals surface area contributed by atoms with Crippen molar-refractivity contribution in [1.29, 1.82) is 0 Å². The molecule has 15 heavy (non-hydrogen) atoms. The van der Waals surface area contributed by atoms with E-state index in [1.54, 1.807) is 6.07 Å². The van der Waals surface area contributed by atoms with Crippen molar-refractivity contribution in [1.82, 2.24) is 9.78 Å². The van der Waals surface area contributed by atoms with Crippen molar-refractivity contribution in [3.63, 3.8) is 0 Å². The predicted molar refractivity (Wildman–Crippen MR) is 61.0 cm³/mol. The molecule has 0 spiro atoms. The molecule has 1 aromatic carbocycles. The third-order valence-corrected chi connectivity index (χ3v) is 2.56. The Hall–Kier alpha value is -1.16. The Morgan fingerprint density at radius 2 is 2.20 bits per heavy atom. The van der Waals surface area contributed by atoms with E-state index >= 15 is 0 Å². The van der Waals surface area contributed by atoms with Crippen LogP contribution in [0.1, 0.15) is 6.92 Å². The van der Waals surface area contributed by atoms with Gasteiger partial charge in [0.2, 0.25) is 0 Å². The highest BCUT2D eigenvalue weighted by molar-refractivity contribution is 9.10. The maximum absolute atomic E-state index is 13.1. The van der Waals surface area contributed by atoms with Crippen LogP contribution >= 0.6 is 15.9 Å². The molecule has 0 N–H and O–H groups in total. The van der Waals surface area contributed by atoms with Gasteiger partial charge < -0.3 is 0 Å². The number of aromatic nitrogens is 2. The SMILES string of the molecule is CCn1nc(Br)cc1-c1cccc(F)c1. The highest BCUT2D eigenvalue weighted by Gasteiger charge is 2.07. The Labute approximate surface area is 95.9 Å². The zero-order valence-electron chi connectivity index (χ0n) is 8.24. The van der Waals surface area contributed by atoms with E-state index in [1.807, 2.05) is 23.7 Å². The van der Waals surface area contributed by atoms with E-state index in [1.165, 1.54) is 12.1 Å². The molecular weight excluding hydrogens is 259 g/mol. The number of nitrogens with zero attached hydrogens (tertiary/aromatic N) is 2. The average Bonchev–Trinajstić information content (AvgIpc) is 2.59. The first kappa shape index (κ1) is 10.4. The molecule has 0 aliphatic rings. The number of halogens is 2. The second kappa shape index (κ2) is 4.14. The van der Waals surface area contributed by atoms with E-state index < -0.39 is 0 Å². The summed E-state index contributed by atoms with van der Waals surface area (Å²) in [6.45, 7) is 2.76. The van der Waals surface area contributed by atoms with Gasteiger partial charge >= 0.3 is 0 Å². The summed E-state index contributed by atoms with van der Waals surface area (Å²) >= 11 is 3.31. The molecule has 0 atom stereocenters. The molecule has 2 aromatic rings. The molecule has 0 saturated heterocycles. The maximum atomic E-state index is 13.1. The zero-order valence-corrected chi connectivity index (χ0v) is 9.83. The van der Waals surface area contributed by atoms with Crippen molar-refractivity contribution in [3.05, 3.63) is 40.8 Å². The van der Waals surface area contributed by atoms with Gasteiger partial charge in [-0.25, -0.2) is 4.39 Å². The number of benzene rings is 1. The summed E-state index contributed by atoms with van der Waals surface area (Å²) in [5.74, 6) is -0.229. The molecule has 0 saturated carbocycles. The van der Waals surface area contributed by atoms with Crippen LogP contribution in [0.3, 0.4) is 0 Å². The fraction of sp³-hybridized carbons (Fsp3) is 0.182. The van der Waals surface area contributed by atoms with Gasteiger partial charge in [-0.2, -0.15) is 5.10 Å². The molecule has 0 fully saturated rings. The lowest BCUT2D eigenvalue weighted by atomic mass is 10.1. The molecule has 0 amide bonds. The van der Waals surface area contributed by atoms with Crippen LogP contribution in [0.25, 0.3) is 11.3 Å². The van der Waals surface area contributed by atoms with E-state index in [0.717, 1.165) is 22.4 Å². The smallest absolute Gasteiger partial charge is 0.128 e. The minimum absolute atomic E-state index is 0.229. The number of hydrogen-bond donors (Lipinski definition) is 0. The van der Waals surface area contributed by atoms with E-state index in [9.17, 15) is 4.39 Å². The van der Waals surface area contributed by atoms with E-state index in [0.29, 0.717) is 0 Å². The van der Waals surface area contributed by atoms with Crippen LogP contribution in [-0.2, 0) is 6.54 Å². The average molecular weight is 269 g/mol. The Morgan fingerprint density at radius 3 is 2.87 bits per heavy atom. The number of aryl methyl sites for hydroxylation is 1. The predicted octanol–water partition coefficient (Wildman–Crippen LogP) is 3.47. The first-order valence-electron chi connectivity index (χ1n) is 4.70. The second-order valence-corrected chi connectivity index (χ2v) is 3.99. The molecule has 78 valence electrons. The lowest BCUT2D eigenvalue weighted by Crippen LogP contribution is -1.98. The molecule has 0 unspecified atom stereocenters. The van der Waals surface area contributed by atoms with E-state index in [2.05, 4.69) is 21.0 Å². The van der Waals surface area contributed by atoms with Crippen LogP contribution in [0.15, 0.2) is 34.9 Å². The lowest BCUT2D eigenvalue weighted by molar-refractivity contribution is 0.626. The van der Waals surface area contributed by atoms with Gasteiger partial charge in [-0.15, -0.1) is 0 Å². The van der Waals surface area contributed by atoms with Gasteiger partial charge in [-0.1, -0.05) is 12.1 Å². The molecule has 4 heteroatoms. The van der Waals surface area contributed by atoms with Crippen molar-refractivity contribution in [2.45, 2.75) is 13.5 Å². The van der Waals surface area contributed by atoms with Crippen molar-refractivity contribution in [3.8, 4) is 11.3 Å². The molecule has 2 rings (SSSR count). The molecule has 0 aliphatic carbocycles. The highest BCUT2D eigenvalue weighted by Crippen LogP contribution is 2.23. The van der Waals surface area contributed by atoms with Gasteiger partial charge in [0.25, 0.3) is 0 Å². The summed E-state index contributed by atoms with van der Waals surface area (Å²) in [6, 6.07) is 8.41. The molecule has 0 aliphatic heterocycles.